The fourth-order valence-electron chi connectivity index (χ4n) is 1.73. The molecular weight excluding hydrogens is 406 g/mol. The van der Waals surface area contributed by atoms with Gasteiger partial charge in [0.05, 0.1) is 15.7 Å². The maximum atomic E-state index is 13.6. The number of amides is 1. The summed E-state index contributed by atoms with van der Waals surface area (Å²) in [4.78, 5) is 12.0. The van der Waals surface area contributed by atoms with E-state index >= 15 is 0 Å². The van der Waals surface area contributed by atoms with Crippen molar-refractivity contribution in [2.45, 2.75) is 6.61 Å². The third kappa shape index (κ3) is 4.35. The Morgan fingerprint density at radius 1 is 1.22 bits per heavy atom. The number of halogens is 6. The van der Waals surface area contributed by atoms with Gasteiger partial charge in [0, 0.05) is 11.1 Å². The van der Waals surface area contributed by atoms with Crippen molar-refractivity contribution in [1.29, 1.82) is 0 Å². The van der Waals surface area contributed by atoms with Gasteiger partial charge in [0.1, 0.15) is 11.6 Å². The van der Waals surface area contributed by atoms with Gasteiger partial charge in [0.25, 0.3) is 5.91 Å². The molecule has 0 fully saturated rings. The number of rotatable bonds is 4. The van der Waals surface area contributed by atoms with Crippen LogP contribution in [-0.4, -0.2) is 12.5 Å². The van der Waals surface area contributed by atoms with Crippen LogP contribution in [0.1, 0.15) is 10.4 Å². The molecule has 0 aliphatic carbocycles. The number of hydrogen-bond acceptors (Lipinski definition) is 2. The van der Waals surface area contributed by atoms with E-state index in [2.05, 4.69) is 26.0 Å². The highest BCUT2D eigenvalue weighted by molar-refractivity contribution is 9.10. The predicted octanol–water partition coefficient (Wildman–Crippen LogP) is 5.23. The van der Waals surface area contributed by atoms with Crippen molar-refractivity contribution in [1.82, 2.24) is 0 Å². The number of carbonyl (C=O) groups is 1. The molecule has 23 heavy (non-hydrogen) atoms. The average molecular weight is 413 g/mol. The molecule has 3 nitrogen and oxygen atoms in total. The summed E-state index contributed by atoms with van der Waals surface area (Å²) in [7, 11) is 0. The smallest absolute Gasteiger partial charge is 0.387 e. The molecule has 0 bridgehead atoms. The largest absolute Gasteiger partial charge is 0.431 e. The molecule has 0 saturated heterocycles. The maximum Gasteiger partial charge on any atom is 0.387 e. The van der Waals surface area contributed by atoms with Crippen molar-refractivity contribution >= 4 is 39.1 Å². The Bertz CT molecular complexity index is 758. The Balaban J connectivity index is 2.36. The summed E-state index contributed by atoms with van der Waals surface area (Å²) >= 11 is 8.77. The zero-order chi connectivity index (χ0) is 17.1. The fourth-order valence-corrected chi connectivity index (χ4v) is 2.63. The van der Waals surface area contributed by atoms with Crippen LogP contribution in [0.25, 0.3) is 0 Å². The van der Waals surface area contributed by atoms with Crippen LogP contribution in [0.5, 0.6) is 5.75 Å². The lowest BCUT2D eigenvalue weighted by molar-refractivity contribution is -0.0498. The normalized spacial score (nSPS) is 10.7. The number of carbonyl (C=O) groups excluding carboxylic acids is 1. The Hall–Kier alpha value is -1.80. The Labute approximate surface area is 141 Å². The minimum atomic E-state index is -3.15. The van der Waals surface area contributed by atoms with Crippen molar-refractivity contribution in [2.24, 2.45) is 0 Å². The highest BCUT2D eigenvalue weighted by Gasteiger charge is 2.19. The van der Waals surface area contributed by atoms with E-state index in [1.807, 2.05) is 0 Å². The fraction of sp³-hybridized carbons (Fsp3) is 0.0714. The van der Waals surface area contributed by atoms with Gasteiger partial charge in [-0.2, -0.15) is 8.78 Å². The van der Waals surface area contributed by atoms with Gasteiger partial charge >= 0.3 is 6.61 Å². The molecule has 1 N–H and O–H groups in total. The summed E-state index contributed by atoms with van der Waals surface area (Å²) in [5.41, 5.74) is -0.663. The van der Waals surface area contributed by atoms with Crippen molar-refractivity contribution < 1.29 is 27.1 Å². The lowest BCUT2D eigenvalue weighted by Crippen LogP contribution is -2.15. The van der Waals surface area contributed by atoms with Crippen LogP contribution in [-0.2, 0) is 0 Å². The lowest BCUT2D eigenvalue weighted by atomic mass is 10.2. The van der Waals surface area contributed by atoms with Gasteiger partial charge in [0.15, 0.2) is 5.75 Å². The first kappa shape index (κ1) is 17.6. The second kappa shape index (κ2) is 7.18. The third-order valence-corrected chi connectivity index (χ3v) is 3.45. The number of hydrogen-bond donors (Lipinski definition) is 1. The zero-order valence-corrected chi connectivity index (χ0v) is 13.4. The molecular formula is C14H7BrClF4NO2. The molecule has 2 aromatic carbocycles. The molecule has 0 radical (unpaired) electrons. The molecule has 0 saturated carbocycles. The van der Waals surface area contributed by atoms with E-state index in [-0.39, 0.29) is 20.9 Å². The van der Waals surface area contributed by atoms with Crippen molar-refractivity contribution in [3.05, 3.63) is 57.0 Å². The molecule has 9 heteroatoms. The van der Waals surface area contributed by atoms with Gasteiger partial charge in [-0.15, -0.1) is 0 Å². The minimum absolute atomic E-state index is 0.0696. The number of ether oxygens (including phenoxy) is 1. The summed E-state index contributed by atoms with van der Waals surface area (Å²) in [6, 6.07) is 4.78. The van der Waals surface area contributed by atoms with E-state index in [0.717, 1.165) is 18.2 Å². The molecule has 0 atom stereocenters. The highest BCUT2D eigenvalue weighted by Crippen LogP contribution is 2.37. The van der Waals surface area contributed by atoms with Crippen LogP contribution < -0.4 is 10.1 Å². The van der Waals surface area contributed by atoms with Crippen LogP contribution in [0, 0.1) is 11.6 Å². The molecule has 0 heterocycles. The molecule has 0 aliphatic heterocycles. The number of anilines is 1. The Morgan fingerprint density at radius 3 is 2.52 bits per heavy atom. The van der Waals surface area contributed by atoms with Crippen molar-refractivity contribution in [2.75, 3.05) is 5.32 Å². The highest BCUT2D eigenvalue weighted by atomic mass is 79.9. The molecule has 0 spiro atoms. The summed E-state index contributed by atoms with van der Waals surface area (Å²) in [6.45, 7) is -3.15. The van der Waals surface area contributed by atoms with Crippen LogP contribution in [0.15, 0.2) is 34.8 Å². The zero-order valence-electron chi connectivity index (χ0n) is 11.0. The van der Waals surface area contributed by atoms with E-state index in [1.165, 1.54) is 6.07 Å². The Kier molecular flexibility index (Phi) is 5.48. The first-order valence-corrected chi connectivity index (χ1v) is 7.15. The summed E-state index contributed by atoms with van der Waals surface area (Å²) in [5.74, 6) is -3.30. The van der Waals surface area contributed by atoms with Crippen LogP contribution in [0.3, 0.4) is 0 Å². The molecule has 2 aromatic rings. The van der Waals surface area contributed by atoms with Crippen LogP contribution >= 0.6 is 27.5 Å². The van der Waals surface area contributed by atoms with Crippen molar-refractivity contribution in [3.63, 3.8) is 0 Å². The van der Waals surface area contributed by atoms with Crippen LogP contribution in [0.4, 0.5) is 23.2 Å². The first-order chi connectivity index (χ1) is 10.8. The van der Waals surface area contributed by atoms with E-state index in [9.17, 15) is 22.4 Å². The maximum absolute atomic E-state index is 13.6. The average Bonchev–Trinajstić information content (AvgIpc) is 2.42. The van der Waals surface area contributed by atoms with Gasteiger partial charge in [-0.3, -0.25) is 4.79 Å². The van der Waals surface area contributed by atoms with Gasteiger partial charge < -0.3 is 10.1 Å². The summed E-state index contributed by atoms with van der Waals surface area (Å²) in [6.07, 6.45) is 0. The van der Waals surface area contributed by atoms with E-state index in [0.29, 0.717) is 6.07 Å². The standard InChI is InChI=1S/C14H7BrClF4NO2/c15-9-3-6(16)4-11(12(9)23-14(19)20)21-13(22)8-2-1-7(17)5-10(8)18/h1-5,14H,(H,21,22). The SMILES string of the molecule is O=C(Nc1cc(Cl)cc(Br)c1OC(F)F)c1ccc(F)cc1F. The predicted molar refractivity (Wildman–Crippen MR) is 80.1 cm³/mol. The quantitative estimate of drug-likeness (QED) is 0.698. The van der Waals surface area contributed by atoms with Gasteiger partial charge in [-0.05, 0) is 40.2 Å². The second-order valence-corrected chi connectivity index (χ2v) is 5.51. The molecule has 0 aromatic heterocycles. The second-order valence-electron chi connectivity index (χ2n) is 4.22. The monoisotopic (exact) mass is 411 g/mol. The molecule has 1 amide bonds. The first-order valence-electron chi connectivity index (χ1n) is 5.98. The van der Waals surface area contributed by atoms with Crippen LogP contribution in [0.2, 0.25) is 5.02 Å². The molecule has 2 rings (SSSR count). The molecule has 0 aliphatic rings. The molecule has 122 valence electrons. The van der Waals surface area contributed by atoms with E-state index < -0.39 is 29.7 Å². The number of alkyl halides is 2. The summed E-state index contributed by atoms with van der Waals surface area (Å²) < 4.78 is 55.7. The number of nitrogens with one attached hydrogen (secondary N) is 1. The molecule has 0 unspecified atom stereocenters. The van der Waals surface area contributed by atoms with Gasteiger partial charge in [-0.1, -0.05) is 11.6 Å². The van der Waals surface area contributed by atoms with E-state index in [4.69, 9.17) is 11.6 Å². The summed E-state index contributed by atoms with van der Waals surface area (Å²) in [5, 5.41) is 2.32. The van der Waals surface area contributed by atoms with Crippen molar-refractivity contribution in [3.8, 4) is 5.75 Å². The minimum Gasteiger partial charge on any atom is -0.431 e. The third-order valence-electron chi connectivity index (χ3n) is 2.64. The van der Waals surface area contributed by atoms with Gasteiger partial charge in [-0.25, -0.2) is 8.78 Å². The van der Waals surface area contributed by atoms with E-state index in [1.54, 1.807) is 0 Å². The van der Waals surface area contributed by atoms with Gasteiger partial charge in [0.2, 0.25) is 0 Å². The topological polar surface area (TPSA) is 38.3 Å². The lowest BCUT2D eigenvalue weighted by Gasteiger charge is -2.14. The Morgan fingerprint density at radius 2 is 1.91 bits per heavy atom. The number of benzene rings is 2.